The molecule has 1 aromatic rings. The standard InChI is InChI=1S/C16H25NO/c1-12(2)6-8-15(17-3)13-7-9-16-14(11-13)5-4-10-18-16/h7,9,11-12,15,17H,4-6,8,10H2,1-3H3. The fraction of sp³-hybridized carbons (Fsp3) is 0.625. The summed E-state index contributed by atoms with van der Waals surface area (Å²) >= 11 is 0. The molecule has 0 saturated heterocycles. The van der Waals surface area contributed by atoms with Gasteiger partial charge in [-0.25, -0.2) is 0 Å². The molecule has 0 aliphatic carbocycles. The van der Waals surface area contributed by atoms with Crippen molar-refractivity contribution in [3.63, 3.8) is 0 Å². The van der Waals surface area contributed by atoms with Gasteiger partial charge in [-0.3, -0.25) is 0 Å². The van der Waals surface area contributed by atoms with Crippen molar-refractivity contribution in [1.29, 1.82) is 0 Å². The zero-order valence-corrected chi connectivity index (χ0v) is 11.8. The van der Waals surface area contributed by atoms with Gasteiger partial charge in [-0.15, -0.1) is 0 Å². The number of fused-ring (bicyclic) bond motifs is 1. The Balaban J connectivity index is 2.10. The van der Waals surface area contributed by atoms with E-state index < -0.39 is 0 Å². The van der Waals surface area contributed by atoms with E-state index in [9.17, 15) is 0 Å². The van der Waals surface area contributed by atoms with Gasteiger partial charge in [0.05, 0.1) is 6.61 Å². The average Bonchev–Trinajstić information content (AvgIpc) is 2.39. The highest BCUT2D eigenvalue weighted by Crippen LogP contribution is 2.29. The first kappa shape index (κ1) is 13.4. The summed E-state index contributed by atoms with van der Waals surface area (Å²) in [5.74, 6) is 1.85. The molecule has 0 spiro atoms. The van der Waals surface area contributed by atoms with Crippen LogP contribution in [-0.4, -0.2) is 13.7 Å². The van der Waals surface area contributed by atoms with Crippen molar-refractivity contribution in [3.8, 4) is 5.75 Å². The number of benzene rings is 1. The molecule has 1 unspecified atom stereocenters. The van der Waals surface area contributed by atoms with Crippen LogP contribution in [0.2, 0.25) is 0 Å². The molecule has 18 heavy (non-hydrogen) atoms. The van der Waals surface area contributed by atoms with Crippen LogP contribution in [0.3, 0.4) is 0 Å². The van der Waals surface area contributed by atoms with Gasteiger partial charge >= 0.3 is 0 Å². The lowest BCUT2D eigenvalue weighted by Gasteiger charge is -2.22. The lowest BCUT2D eigenvalue weighted by atomic mass is 9.94. The molecule has 0 fully saturated rings. The van der Waals surface area contributed by atoms with E-state index in [-0.39, 0.29) is 0 Å². The average molecular weight is 247 g/mol. The predicted octanol–water partition coefficient (Wildman–Crippen LogP) is 3.71. The largest absolute Gasteiger partial charge is 0.493 e. The Bertz CT molecular complexity index is 387. The smallest absolute Gasteiger partial charge is 0.122 e. The first-order chi connectivity index (χ1) is 8.70. The maximum Gasteiger partial charge on any atom is 0.122 e. The molecule has 1 aliphatic heterocycles. The molecule has 0 saturated carbocycles. The van der Waals surface area contributed by atoms with E-state index in [1.54, 1.807) is 0 Å². The van der Waals surface area contributed by atoms with E-state index in [0.717, 1.165) is 31.1 Å². The Hall–Kier alpha value is -1.02. The molecular weight excluding hydrogens is 222 g/mol. The normalized spacial score (nSPS) is 16.2. The molecule has 0 aromatic heterocycles. The van der Waals surface area contributed by atoms with Crippen LogP contribution in [0, 0.1) is 5.92 Å². The first-order valence-electron chi connectivity index (χ1n) is 7.13. The van der Waals surface area contributed by atoms with E-state index in [0.29, 0.717) is 6.04 Å². The van der Waals surface area contributed by atoms with Gasteiger partial charge in [0, 0.05) is 6.04 Å². The summed E-state index contributed by atoms with van der Waals surface area (Å²) in [6.07, 6.45) is 4.77. The fourth-order valence-electron chi connectivity index (χ4n) is 2.57. The maximum absolute atomic E-state index is 5.67. The third kappa shape index (κ3) is 3.26. The van der Waals surface area contributed by atoms with Crippen LogP contribution in [-0.2, 0) is 6.42 Å². The van der Waals surface area contributed by atoms with Crippen molar-refractivity contribution in [1.82, 2.24) is 5.32 Å². The Morgan fingerprint density at radius 3 is 2.83 bits per heavy atom. The lowest BCUT2D eigenvalue weighted by molar-refractivity contribution is 0.288. The Morgan fingerprint density at radius 1 is 1.28 bits per heavy atom. The highest BCUT2D eigenvalue weighted by Gasteiger charge is 2.15. The number of hydrogen-bond donors (Lipinski definition) is 1. The molecule has 1 atom stereocenters. The fourth-order valence-corrected chi connectivity index (χ4v) is 2.57. The molecular formula is C16H25NO. The van der Waals surface area contributed by atoms with Crippen LogP contribution < -0.4 is 10.1 Å². The number of ether oxygens (including phenoxy) is 1. The summed E-state index contributed by atoms with van der Waals surface area (Å²) in [5.41, 5.74) is 2.78. The molecule has 2 nitrogen and oxygen atoms in total. The minimum Gasteiger partial charge on any atom is -0.493 e. The quantitative estimate of drug-likeness (QED) is 0.856. The lowest BCUT2D eigenvalue weighted by Crippen LogP contribution is -2.18. The molecule has 1 N–H and O–H groups in total. The predicted molar refractivity (Wildman–Crippen MR) is 76.1 cm³/mol. The number of hydrogen-bond acceptors (Lipinski definition) is 2. The minimum atomic E-state index is 0.472. The molecule has 0 amide bonds. The highest BCUT2D eigenvalue weighted by molar-refractivity contribution is 5.39. The van der Waals surface area contributed by atoms with E-state index in [1.165, 1.54) is 24.0 Å². The van der Waals surface area contributed by atoms with E-state index in [2.05, 4.69) is 44.4 Å². The first-order valence-corrected chi connectivity index (χ1v) is 7.13. The van der Waals surface area contributed by atoms with Gasteiger partial charge in [0.15, 0.2) is 0 Å². The van der Waals surface area contributed by atoms with Crippen molar-refractivity contribution in [2.75, 3.05) is 13.7 Å². The van der Waals surface area contributed by atoms with Gasteiger partial charge in [-0.05, 0) is 55.8 Å². The summed E-state index contributed by atoms with van der Waals surface area (Å²) < 4.78 is 5.67. The van der Waals surface area contributed by atoms with Gasteiger partial charge in [0.25, 0.3) is 0 Å². The Morgan fingerprint density at radius 2 is 2.11 bits per heavy atom. The third-order valence-corrected chi connectivity index (χ3v) is 3.72. The Labute approximate surface area is 111 Å². The van der Waals surface area contributed by atoms with Crippen LogP contribution in [0.4, 0.5) is 0 Å². The van der Waals surface area contributed by atoms with Crippen LogP contribution in [0.15, 0.2) is 18.2 Å². The van der Waals surface area contributed by atoms with Crippen LogP contribution >= 0.6 is 0 Å². The molecule has 2 heteroatoms. The topological polar surface area (TPSA) is 21.3 Å². The summed E-state index contributed by atoms with van der Waals surface area (Å²) in [5, 5.41) is 3.44. The van der Waals surface area contributed by atoms with Gasteiger partial charge in [0.1, 0.15) is 5.75 Å². The van der Waals surface area contributed by atoms with E-state index >= 15 is 0 Å². The van der Waals surface area contributed by atoms with E-state index in [4.69, 9.17) is 4.74 Å². The van der Waals surface area contributed by atoms with Crippen molar-refractivity contribution in [2.24, 2.45) is 5.92 Å². The molecule has 0 bridgehead atoms. The second kappa shape index (κ2) is 6.24. The minimum absolute atomic E-state index is 0.472. The van der Waals surface area contributed by atoms with Gasteiger partial charge in [-0.2, -0.15) is 0 Å². The zero-order chi connectivity index (χ0) is 13.0. The molecule has 2 rings (SSSR count). The number of aryl methyl sites for hydroxylation is 1. The molecule has 1 aromatic carbocycles. The van der Waals surface area contributed by atoms with Crippen LogP contribution in [0.25, 0.3) is 0 Å². The number of rotatable bonds is 5. The van der Waals surface area contributed by atoms with Crippen LogP contribution in [0.5, 0.6) is 5.75 Å². The second-order valence-electron chi connectivity index (χ2n) is 5.63. The van der Waals surface area contributed by atoms with Crippen LogP contribution in [0.1, 0.15) is 50.3 Å². The van der Waals surface area contributed by atoms with Crippen molar-refractivity contribution in [2.45, 2.75) is 45.6 Å². The Kier molecular flexibility index (Phi) is 4.65. The van der Waals surface area contributed by atoms with Crippen molar-refractivity contribution in [3.05, 3.63) is 29.3 Å². The molecule has 1 heterocycles. The van der Waals surface area contributed by atoms with Gasteiger partial charge in [-0.1, -0.05) is 26.0 Å². The van der Waals surface area contributed by atoms with Gasteiger partial charge < -0.3 is 10.1 Å². The zero-order valence-electron chi connectivity index (χ0n) is 11.8. The third-order valence-electron chi connectivity index (χ3n) is 3.72. The summed E-state index contributed by atoms with van der Waals surface area (Å²) in [4.78, 5) is 0. The second-order valence-corrected chi connectivity index (χ2v) is 5.63. The molecule has 1 aliphatic rings. The highest BCUT2D eigenvalue weighted by atomic mass is 16.5. The van der Waals surface area contributed by atoms with Crippen molar-refractivity contribution < 1.29 is 4.74 Å². The molecule has 0 radical (unpaired) electrons. The molecule has 100 valence electrons. The summed E-state index contributed by atoms with van der Waals surface area (Å²) in [6, 6.07) is 7.16. The van der Waals surface area contributed by atoms with Crippen molar-refractivity contribution >= 4 is 0 Å². The summed E-state index contributed by atoms with van der Waals surface area (Å²) in [6.45, 7) is 5.44. The summed E-state index contributed by atoms with van der Waals surface area (Å²) in [7, 11) is 2.06. The number of nitrogens with one attached hydrogen (secondary N) is 1. The monoisotopic (exact) mass is 247 g/mol. The van der Waals surface area contributed by atoms with E-state index in [1.807, 2.05) is 0 Å². The SMILES string of the molecule is CNC(CCC(C)C)c1ccc2c(c1)CCCO2. The maximum atomic E-state index is 5.67. The van der Waals surface area contributed by atoms with Gasteiger partial charge in [0.2, 0.25) is 0 Å².